The minimum atomic E-state index is 1.11. The molecule has 0 N–H and O–H groups in total. The summed E-state index contributed by atoms with van der Waals surface area (Å²) in [5, 5.41) is 7.71. The Kier molecular flexibility index (Phi) is 7.39. The monoisotopic (exact) mass is 718 g/mol. The van der Waals surface area contributed by atoms with Crippen LogP contribution in [0, 0.1) is 0 Å². The van der Waals surface area contributed by atoms with Crippen LogP contribution in [0.15, 0.2) is 206 Å². The molecule has 0 saturated heterocycles. The van der Waals surface area contributed by atoms with Crippen molar-refractivity contribution in [3.8, 4) is 27.9 Å². The molecule has 9 aromatic carbocycles. The number of nitrogens with zero attached hydrogens (tertiary/aromatic N) is 2. The third kappa shape index (κ3) is 5.32. The molecular weight excluding hydrogens is 685 g/mol. The number of hydrogen-bond acceptors (Lipinski definition) is 2. The Morgan fingerprint density at radius 3 is 1.75 bits per heavy atom. The fourth-order valence-corrected chi connectivity index (χ4v) is 9.47. The van der Waals surface area contributed by atoms with E-state index in [9.17, 15) is 0 Å². The van der Waals surface area contributed by atoms with Crippen molar-refractivity contribution < 1.29 is 0 Å². The van der Waals surface area contributed by atoms with Crippen LogP contribution in [-0.4, -0.2) is 4.57 Å². The van der Waals surface area contributed by atoms with Gasteiger partial charge in [-0.15, -0.1) is 11.3 Å². The molecule has 2 nitrogen and oxygen atoms in total. The van der Waals surface area contributed by atoms with Crippen LogP contribution in [0.4, 0.5) is 17.1 Å². The highest BCUT2D eigenvalue weighted by molar-refractivity contribution is 7.25. The summed E-state index contributed by atoms with van der Waals surface area (Å²) in [6.07, 6.45) is 0. The van der Waals surface area contributed by atoms with Crippen molar-refractivity contribution in [2.45, 2.75) is 0 Å². The number of rotatable bonds is 6. The molecule has 0 aliphatic heterocycles. The van der Waals surface area contributed by atoms with Crippen LogP contribution >= 0.6 is 11.3 Å². The van der Waals surface area contributed by atoms with E-state index in [4.69, 9.17) is 0 Å². The summed E-state index contributed by atoms with van der Waals surface area (Å²) in [5.41, 5.74) is 11.7. The van der Waals surface area contributed by atoms with Crippen molar-refractivity contribution in [1.29, 1.82) is 0 Å². The van der Waals surface area contributed by atoms with E-state index in [1.807, 2.05) is 11.3 Å². The van der Waals surface area contributed by atoms with Gasteiger partial charge in [-0.1, -0.05) is 133 Å². The molecule has 0 aliphatic carbocycles. The van der Waals surface area contributed by atoms with Crippen LogP contribution in [0.5, 0.6) is 0 Å². The highest BCUT2D eigenvalue weighted by Gasteiger charge is 2.17. The van der Waals surface area contributed by atoms with Gasteiger partial charge < -0.3 is 9.47 Å². The maximum Gasteiger partial charge on any atom is 0.0547 e. The average molecular weight is 719 g/mol. The Hall–Kier alpha value is -6.94. The van der Waals surface area contributed by atoms with Crippen molar-refractivity contribution in [2.75, 3.05) is 4.90 Å². The minimum absolute atomic E-state index is 1.11. The van der Waals surface area contributed by atoms with Crippen molar-refractivity contribution in [2.24, 2.45) is 0 Å². The Morgan fingerprint density at radius 1 is 0.345 bits per heavy atom. The van der Waals surface area contributed by atoms with Crippen molar-refractivity contribution >= 4 is 81.1 Å². The molecule has 2 heterocycles. The van der Waals surface area contributed by atoms with E-state index >= 15 is 0 Å². The van der Waals surface area contributed by atoms with E-state index in [1.165, 1.54) is 75.0 Å². The van der Waals surface area contributed by atoms with Crippen LogP contribution in [0.25, 0.3) is 80.7 Å². The maximum absolute atomic E-state index is 2.42. The third-order valence-corrected chi connectivity index (χ3v) is 12.1. The van der Waals surface area contributed by atoms with E-state index in [-0.39, 0.29) is 0 Å². The third-order valence-electron chi connectivity index (χ3n) is 11.0. The second-order valence-corrected chi connectivity index (χ2v) is 15.2. The normalized spacial score (nSPS) is 11.6. The zero-order valence-electron chi connectivity index (χ0n) is 29.9. The molecule has 3 heteroatoms. The van der Waals surface area contributed by atoms with E-state index < -0.39 is 0 Å². The van der Waals surface area contributed by atoms with Gasteiger partial charge in [-0.05, 0) is 106 Å². The molecular formula is C52H34N2S. The summed E-state index contributed by atoms with van der Waals surface area (Å²) < 4.78 is 5.03. The fraction of sp³-hybridized carbons (Fsp3) is 0. The Labute approximate surface area is 323 Å². The van der Waals surface area contributed by atoms with Gasteiger partial charge in [0.1, 0.15) is 0 Å². The Morgan fingerprint density at radius 2 is 0.945 bits per heavy atom. The topological polar surface area (TPSA) is 8.17 Å². The van der Waals surface area contributed by atoms with Gasteiger partial charge >= 0.3 is 0 Å². The largest absolute Gasteiger partial charge is 0.310 e. The number of anilines is 3. The second-order valence-electron chi connectivity index (χ2n) is 14.2. The molecule has 0 unspecified atom stereocenters. The molecule has 0 aliphatic rings. The number of aromatic nitrogens is 1. The molecule has 258 valence electrons. The fourth-order valence-electron chi connectivity index (χ4n) is 8.38. The van der Waals surface area contributed by atoms with Crippen LogP contribution in [0.1, 0.15) is 0 Å². The maximum atomic E-state index is 2.42. The Bertz CT molecular complexity index is 3190. The van der Waals surface area contributed by atoms with Crippen LogP contribution < -0.4 is 4.90 Å². The number of fused-ring (bicyclic) bond motifs is 8. The summed E-state index contributed by atoms with van der Waals surface area (Å²) in [7, 11) is 0. The highest BCUT2D eigenvalue weighted by Crippen LogP contribution is 2.42. The average Bonchev–Trinajstić information content (AvgIpc) is 3.80. The van der Waals surface area contributed by atoms with Gasteiger partial charge in [-0.2, -0.15) is 0 Å². The van der Waals surface area contributed by atoms with Gasteiger partial charge in [0.15, 0.2) is 0 Å². The minimum Gasteiger partial charge on any atom is -0.310 e. The first kappa shape index (κ1) is 31.6. The molecule has 0 bridgehead atoms. The number of thiophene rings is 1. The predicted molar refractivity (Wildman–Crippen MR) is 237 cm³/mol. The zero-order chi connectivity index (χ0) is 36.3. The number of benzene rings is 9. The first-order valence-electron chi connectivity index (χ1n) is 18.8. The first-order valence-corrected chi connectivity index (χ1v) is 19.6. The van der Waals surface area contributed by atoms with Crippen LogP contribution in [0.3, 0.4) is 0 Å². The second kappa shape index (κ2) is 12.9. The summed E-state index contributed by atoms with van der Waals surface area (Å²) in [5.74, 6) is 0. The molecule has 0 spiro atoms. The van der Waals surface area contributed by atoms with E-state index in [1.54, 1.807) is 0 Å². The van der Waals surface area contributed by atoms with Gasteiger partial charge in [0, 0.05) is 53.7 Å². The molecule has 2 aromatic heterocycles. The molecule has 11 aromatic rings. The van der Waals surface area contributed by atoms with Gasteiger partial charge in [-0.25, -0.2) is 0 Å². The van der Waals surface area contributed by atoms with Gasteiger partial charge in [0.2, 0.25) is 0 Å². The van der Waals surface area contributed by atoms with Crippen molar-refractivity contribution in [1.82, 2.24) is 4.57 Å². The SMILES string of the molecule is c1ccc(-c2ccc(N(c3ccc(-c4cccc(-n5c6ccccc6c6c7ccccc7ccc65)c4)cc3)c3ccc4sc5ccccc5c4c3)cc2)cc1. The highest BCUT2D eigenvalue weighted by atomic mass is 32.1. The summed E-state index contributed by atoms with van der Waals surface area (Å²) in [6.45, 7) is 0. The molecule has 0 amide bonds. The lowest BCUT2D eigenvalue weighted by Crippen LogP contribution is -2.09. The summed E-state index contributed by atoms with van der Waals surface area (Å²) in [4.78, 5) is 2.38. The van der Waals surface area contributed by atoms with Gasteiger partial charge in [0.05, 0.1) is 11.0 Å². The van der Waals surface area contributed by atoms with Crippen molar-refractivity contribution in [3.63, 3.8) is 0 Å². The molecule has 0 fully saturated rings. The quantitative estimate of drug-likeness (QED) is 0.166. The lowest BCUT2D eigenvalue weighted by atomic mass is 10.0. The molecule has 11 rings (SSSR count). The summed E-state index contributed by atoms with van der Waals surface area (Å²) in [6, 6.07) is 75.1. The van der Waals surface area contributed by atoms with E-state index in [0.717, 1.165) is 22.7 Å². The van der Waals surface area contributed by atoms with Gasteiger partial charge in [0.25, 0.3) is 0 Å². The van der Waals surface area contributed by atoms with E-state index in [0.29, 0.717) is 0 Å². The van der Waals surface area contributed by atoms with Crippen LogP contribution in [0.2, 0.25) is 0 Å². The standard InChI is InChI=1S/C52H34N2S/c1-2-11-35(12-3-1)36-21-26-40(27-22-36)53(43-30-32-51-47(34-43)45-17-7-9-20-50(45)55-51)41-28-23-37(24-29-41)39-14-10-15-42(33-39)54-48-19-8-6-18-46(48)52-44-16-5-4-13-38(44)25-31-49(52)54/h1-34H. The Balaban J connectivity index is 1.01. The smallest absolute Gasteiger partial charge is 0.0547 e. The molecule has 55 heavy (non-hydrogen) atoms. The lowest BCUT2D eigenvalue weighted by Gasteiger charge is -2.26. The first-order chi connectivity index (χ1) is 27.3. The van der Waals surface area contributed by atoms with Crippen molar-refractivity contribution in [3.05, 3.63) is 206 Å². The molecule has 0 radical (unpaired) electrons. The number of para-hydroxylation sites is 1. The predicted octanol–water partition coefficient (Wildman–Crippen LogP) is 15.1. The number of hydrogen-bond donors (Lipinski definition) is 0. The zero-order valence-corrected chi connectivity index (χ0v) is 30.7. The molecule has 0 atom stereocenters. The lowest BCUT2D eigenvalue weighted by molar-refractivity contribution is 1.18. The van der Waals surface area contributed by atoms with Crippen LogP contribution in [-0.2, 0) is 0 Å². The van der Waals surface area contributed by atoms with E-state index in [2.05, 4.69) is 216 Å². The molecule has 0 saturated carbocycles. The summed E-state index contributed by atoms with van der Waals surface area (Å²) >= 11 is 1.85. The van der Waals surface area contributed by atoms with Gasteiger partial charge in [-0.3, -0.25) is 0 Å².